The molecule has 0 unspecified atom stereocenters. The van der Waals surface area contributed by atoms with E-state index in [1.807, 2.05) is 13.0 Å². The van der Waals surface area contributed by atoms with Crippen LogP contribution in [0.25, 0.3) is 16.7 Å². The lowest BCUT2D eigenvalue weighted by molar-refractivity contribution is 0.865. The molecule has 0 bridgehead atoms. The summed E-state index contributed by atoms with van der Waals surface area (Å²) in [6.45, 7) is 1.88. The van der Waals surface area contributed by atoms with Gasteiger partial charge in [-0.25, -0.2) is 4.68 Å². The molecule has 2 heterocycles. The van der Waals surface area contributed by atoms with Crippen LogP contribution in [0.5, 0.6) is 0 Å². The van der Waals surface area contributed by atoms with Gasteiger partial charge in [-0.15, -0.1) is 0 Å². The van der Waals surface area contributed by atoms with Crippen LogP contribution < -0.4 is 5.73 Å². The van der Waals surface area contributed by atoms with Gasteiger partial charge in [0.25, 0.3) is 0 Å². The summed E-state index contributed by atoms with van der Waals surface area (Å²) in [4.78, 5) is 0. The average molecular weight is 282 g/mol. The molecule has 0 aliphatic rings. The largest absolute Gasteiger partial charge is 0.383 e. The van der Waals surface area contributed by atoms with Crippen molar-refractivity contribution in [3.63, 3.8) is 0 Å². The van der Waals surface area contributed by atoms with E-state index in [-0.39, 0.29) is 0 Å². The summed E-state index contributed by atoms with van der Waals surface area (Å²) in [5, 5.41) is 13.1. The van der Waals surface area contributed by atoms with Crippen molar-refractivity contribution >= 4 is 40.1 Å². The molecule has 0 aliphatic heterocycles. The van der Waals surface area contributed by atoms with Crippen molar-refractivity contribution in [1.29, 1.82) is 0 Å². The number of hydrogen-bond acceptors (Lipinski definition) is 3. The van der Waals surface area contributed by atoms with Crippen LogP contribution >= 0.6 is 23.2 Å². The molecule has 0 radical (unpaired) electrons. The maximum Gasteiger partial charge on any atom is 0.186 e. The zero-order chi connectivity index (χ0) is 12.9. The lowest BCUT2D eigenvalue weighted by Gasteiger charge is -2.03. The molecule has 3 rings (SSSR count). The van der Waals surface area contributed by atoms with E-state index in [0.717, 1.165) is 16.8 Å². The highest BCUT2D eigenvalue weighted by atomic mass is 35.5. The van der Waals surface area contributed by atoms with Gasteiger partial charge in [-0.1, -0.05) is 23.2 Å². The molecule has 0 aliphatic carbocycles. The van der Waals surface area contributed by atoms with Crippen LogP contribution in [0.15, 0.2) is 18.2 Å². The first-order valence-electron chi connectivity index (χ1n) is 5.22. The van der Waals surface area contributed by atoms with Crippen molar-refractivity contribution < 1.29 is 0 Å². The molecule has 0 saturated heterocycles. The first-order valence-corrected chi connectivity index (χ1v) is 5.98. The Labute approximate surface area is 112 Å². The number of H-pyrrole nitrogens is 1. The molecule has 0 spiro atoms. The van der Waals surface area contributed by atoms with E-state index in [0.29, 0.717) is 21.5 Å². The van der Waals surface area contributed by atoms with E-state index in [1.54, 1.807) is 16.8 Å². The van der Waals surface area contributed by atoms with Crippen LogP contribution in [0.4, 0.5) is 5.82 Å². The molecule has 0 saturated carbocycles. The van der Waals surface area contributed by atoms with Gasteiger partial charge < -0.3 is 5.73 Å². The van der Waals surface area contributed by atoms with Crippen LogP contribution in [0.2, 0.25) is 10.0 Å². The standard InChI is InChI=1S/C11H9Cl2N5/c1-5-9-10(14)15-16-11(9)18(17-5)6-2-3-7(12)8(13)4-6/h2-4H,1H3,(H3,14,15,16). The number of nitrogen functional groups attached to an aromatic ring is 1. The molecule has 7 heteroatoms. The van der Waals surface area contributed by atoms with E-state index in [1.165, 1.54) is 0 Å². The van der Waals surface area contributed by atoms with E-state index in [9.17, 15) is 0 Å². The number of rotatable bonds is 1. The van der Waals surface area contributed by atoms with Crippen molar-refractivity contribution in [2.45, 2.75) is 6.92 Å². The van der Waals surface area contributed by atoms with Gasteiger partial charge in [0.05, 0.1) is 26.8 Å². The summed E-state index contributed by atoms with van der Waals surface area (Å²) in [5.74, 6) is 0.508. The lowest BCUT2D eigenvalue weighted by Crippen LogP contribution is -1.97. The van der Waals surface area contributed by atoms with Crippen molar-refractivity contribution in [1.82, 2.24) is 20.0 Å². The maximum atomic E-state index is 6.00. The Hall–Kier alpha value is -1.72. The molecule has 0 fully saturated rings. The van der Waals surface area contributed by atoms with Crippen LogP contribution in [0.1, 0.15) is 5.69 Å². The number of benzene rings is 1. The van der Waals surface area contributed by atoms with Gasteiger partial charge in [0.15, 0.2) is 5.65 Å². The second-order valence-electron chi connectivity index (χ2n) is 3.93. The van der Waals surface area contributed by atoms with Crippen molar-refractivity contribution in [2.75, 3.05) is 5.73 Å². The van der Waals surface area contributed by atoms with Crippen LogP contribution in [-0.2, 0) is 0 Å². The smallest absolute Gasteiger partial charge is 0.186 e. The van der Waals surface area contributed by atoms with Gasteiger partial charge in [-0.05, 0) is 25.1 Å². The summed E-state index contributed by atoms with van der Waals surface area (Å²) in [5.41, 5.74) is 8.07. The summed E-state index contributed by atoms with van der Waals surface area (Å²) >= 11 is 11.9. The van der Waals surface area contributed by atoms with Crippen molar-refractivity contribution in [2.24, 2.45) is 0 Å². The zero-order valence-corrected chi connectivity index (χ0v) is 10.9. The molecule has 3 aromatic rings. The average Bonchev–Trinajstić information content (AvgIpc) is 2.86. The fraction of sp³-hybridized carbons (Fsp3) is 0.0909. The van der Waals surface area contributed by atoms with E-state index in [2.05, 4.69) is 15.3 Å². The summed E-state index contributed by atoms with van der Waals surface area (Å²) in [7, 11) is 0. The van der Waals surface area contributed by atoms with Gasteiger partial charge in [0.1, 0.15) is 5.82 Å². The van der Waals surface area contributed by atoms with E-state index < -0.39 is 0 Å². The highest BCUT2D eigenvalue weighted by Crippen LogP contribution is 2.28. The number of hydrogen-bond donors (Lipinski definition) is 2. The van der Waals surface area contributed by atoms with E-state index in [4.69, 9.17) is 28.9 Å². The molecule has 2 aromatic heterocycles. The minimum absolute atomic E-state index is 0.471. The third-order valence-corrected chi connectivity index (χ3v) is 3.47. The summed E-state index contributed by atoms with van der Waals surface area (Å²) in [6, 6.07) is 5.28. The fourth-order valence-corrected chi connectivity index (χ4v) is 2.19. The Kier molecular flexibility index (Phi) is 2.46. The van der Waals surface area contributed by atoms with Crippen molar-refractivity contribution in [3.8, 4) is 5.69 Å². The molecular weight excluding hydrogens is 273 g/mol. The predicted molar refractivity (Wildman–Crippen MR) is 72.4 cm³/mol. The molecule has 0 atom stereocenters. The van der Waals surface area contributed by atoms with Gasteiger partial charge in [0, 0.05) is 0 Å². The number of aromatic amines is 1. The lowest BCUT2D eigenvalue weighted by atomic mass is 10.3. The maximum absolute atomic E-state index is 6.00. The highest BCUT2D eigenvalue weighted by molar-refractivity contribution is 6.42. The summed E-state index contributed by atoms with van der Waals surface area (Å²) < 4.78 is 1.68. The molecule has 18 heavy (non-hydrogen) atoms. The van der Waals surface area contributed by atoms with Crippen LogP contribution in [-0.4, -0.2) is 20.0 Å². The molecule has 1 aromatic carbocycles. The molecule has 92 valence electrons. The number of halogens is 2. The Bertz CT molecular complexity index is 743. The molecular formula is C11H9Cl2N5. The Morgan fingerprint density at radius 3 is 2.78 bits per heavy atom. The molecule has 3 N–H and O–H groups in total. The first kappa shape index (κ1) is 11.4. The van der Waals surface area contributed by atoms with Gasteiger partial charge in [0.2, 0.25) is 0 Å². The number of nitrogens with zero attached hydrogens (tertiary/aromatic N) is 3. The highest BCUT2D eigenvalue weighted by Gasteiger charge is 2.15. The minimum Gasteiger partial charge on any atom is -0.383 e. The van der Waals surface area contributed by atoms with Gasteiger partial charge in [-0.2, -0.15) is 10.2 Å². The van der Waals surface area contributed by atoms with Crippen LogP contribution in [0.3, 0.4) is 0 Å². The summed E-state index contributed by atoms with van der Waals surface area (Å²) in [6.07, 6.45) is 0. The van der Waals surface area contributed by atoms with Crippen molar-refractivity contribution in [3.05, 3.63) is 33.9 Å². The Morgan fingerprint density at radius 1 is 1.28 bits per heavy atom. The van der Waals surface area contributed by atoms with Gasteiger partial charge in [-0.3, -0.25) is 5.10 Å². The van der Waals surface area contributed by atoms with Crippen LogP contribution in [0, 0.1) is 6.92 Å². The number of fused-ring (bicyclic) bond motifs is 1. The predicted octanol–water partition coefficient (Wildman–Crippen LogP) is 2.95. The molecule has 5 nitrogen and oxygen atoms in total. The Balaban J connectivity index is 2.28. The normalized spacial score (nSPS) is 11.3. The third kappa shape index (κ3) is 1.55. The monoisotopic (exact) mass is 281 g/mol. The minimum atomic E-state index is 0.471. The zero-order valence-electron chi connectivity index (χ0n) is 9.41. The van der Waals surface area contributed by atoms with Gasteiger partial charge >= 0.3 is 0 Å². The SMILES string of the molecule is Cc1nn(-c2ccc(Cl)c(Cl)c2)c2n[nH]c(N)c12. The second kappa shape index (κ2) is 3.90. The first-order chi connectivity index (χ1) is 8.58. The Morgan fingerprint density at radius 2 is 2.06 bits per heavy atom. The number of anilines is 1. The number of aromatic nitrogens is 4. The number of nitrogens with one attached hydrogen (secondary N) is 1. The molecule has 0 amide bonds. The fourth-order valence-electron chi connectivity index (χ4n) is 1.90. The topological polar surface area (TPSA) is 72.5 Å². The third-order valence-electron chi connectivity index (χ3n) is 2.74. The quantitative estimate of drug-likeness (QED) is 0.720. The number of aryl methyl sites for hydroxylation is 1. The second-order valence-corrected chi connectivity index (χ2v) is 4.75. The van der Waals surface area contributed by atoms with E-state index >= 15 is 0 Å². The number of nitrogens with two attached hydrogens (primary N) is 1.